The summed E-state index contributed by atoms with van der Waals surface area (Å²) in [5, 5.41) is 11.6. The Bertz CT molecular complexity index is 519. The Balaban J connectivity index is 2.39. The third-order valence-electron chi connectivity index (χ3n) is 3.37. The largest absolute Gasteiger partial charge is 0.312 e. The van der Waals surface area contributed by atoms with E-state index >= 15 is 0 Å². The zero-order valence-corrected chi connectivity index (χ0v) is 12.2. The molecule has 1 aliphatic heterocycles. The highest BCUT2D eigenvalue weighted by atomic mass is 79.9. The lowest BCUT2D eigenvalue weighted by atomic mass is 10.1. The molecule has 1 aliphatic rings. The molecule has 1 aromatic carbocycles. The summed E-state index contributed by atoms with van der Waals surface area (Å²) in [5.41, 5.74) is 1.68. The highest BCUT2D eigenvalue weighted by Gasteiger charge is 2.31. The van der Waals surface area contributed by atoms with Crippen LogP contribution >= 0.6 is 15.9 Å². The molecule has 1 aromatic rings. The van der Waals surface area contributed by atoms with Gasteiger partial charge in [0.15, 0.2) is 0 Å². The molecule has 0 radical (unpaired) electrons. The van der Waals surface area contributed by atoms with Crippen LogP contribution < -0.4 is 4.90 Å². The van der Waals surface area contributed by atoms with Gasteiger partial charge in [-0.3, -0.25) is 14.9 Å². The predicted octanol–water partition coefficient (Wildman–Crippen LogP) is 2.91. The van der Waals surface area contributed by atoms with Crippen LogP contribution in [0.25, 0.3) is 0 Å². The third kappa shape index (κ3) is 2.78. The van der Waals surface area contributed by atoms with E-state index in [1.807, 2.05) is 6.92 Å². The van der Waals surface area contributed by atoms with Crippen LogP contribution in [-0.4, -0.2) is 22.7 Å². The molecular weight excluding hydrogens is 312 g/mol. The molecule has 0 aliphatic carbocycles. The Hall–Kier alpha value is -1.43. The van der Waals surface area contributed by atoms with E-state index in [1.165, 1.54) is 12.1 Å². The summed E-state index contributed by atoms with van der Waals surface area (Å²) in [5.74, 6) is 0.316. The summed E-state index contributed by atoms with van der Waals surface area (Å²) in [7, 11) is 0. The minimum atomic E-state index is -0.425. The number of nitro groups is 1. The SMILES string of the molecule is CCc1ccc([N+](=O)[O-])cc1N1CC(CBr)CC1=O. The Kier molecular flexibility index (Phi) is 4.19. The number of halogens is 1. The quantitative estimate of drug-likeness (QED) is 0.485. The van der Waals surface area contributed by atoms with Crippen molar-refractivity contribution in [3.63, 3.8) is 0 Å². The van der Waals surface area contributed by atoms with Gasteiger partial charge in [0.05, 0.1) is 10.6 Å². The number of amides is 1. The number of nitrogens with zero attached hydrogens (tertiary/aromatic N) is 2. The number of nitro benzene ring substituents is 1. The second-order valence-electron chi connectivity index (χ2n) is 4.65. The number of rotatable bonds is 4. The van der Waals surface area contributed by atoms with Gasteiger partial charge >= 0.3 is 0 Å². The number of aryl methyl sites for hydroxylation is 1. The number of alkyl halides is 1. The van der Waals surface area contributed by atoms with Crippen molar-refractivity contribution >= 4 is 33.2 Å². The third-order valence-corrected chi connectivity index (χ3v) is 4.29. The Morgan fingerprint density at radius 3 is 2.79 bits per heavy atom. The van der Waals surface area contributed by atoms with E-state index in [9.17, 15) is 14.9 Å². The molecule has 19 heavy (non-hydrogen) atoms. The number of non-ortho nitro benzene ring substituents is 1. The molecule has 1 saturated heterocycles. The Labute approximate surface area is 119 Å². The van der Waals surface area contributed by atoms with Gasteiger partial charge in [-0.25, -0.2) is 0 Å². The van der Waals surface area contributed by atoms with Gasteiger partial charge in [-0.05, 0) is 17.9 Å². The number of carbonyl (C=O) groups excluding carboxylic acids is 1. The number of carbonyl (C=O) groups is 1. The fourth-order valence-electron chi connectivity index (χ4n) is 2.33. The molecule has 1 fully saturated rings. The normalized spacial score (nSPS) is 18.9. The van der Waals surface area contributed by atoms with E-state index in [1.54, 1.807) is 11.0 Å². The maximum atomic E-state index is 12.0. The zero-order valence-electron chi connectivity index (χ0n) is 10.6. The first-order valence-electron chi connectivity index (χ1n) is 6.20. The van der Waals surface area contributed by atoms with Crippen LogP contribution in [0.15, 0.2) is 18.2 Å². The van der Waals surface area contributed by atoms with E-state index < -0.39 is 4.92 Å². The molecule has 0 spiro atoms. The molecule has 0 aromatic heterocycles. The molecule has 1 atom stereocenters. The van der Waals surface area contributed by atoms with Gasteiger partial charge in [-0.1, -0.05) is 28.9 Å². The van der Waals surface area contributed by atoms with E-state index in [-0.39, 0.29) is 17.5 Å². The average molecular weight is 327 g/mol. The van der Waals surface area contributed by atoms with Crippen molar-refractivity contribution in [2.24, 2.45) is 5.92 Å². The van der Waals surface area contributed by atoms with Gasteiger partial charge < -0.3 is 4.90 Å². The molecule has 5 nitrogen and oxygen atoms in total. The first-order valence-corrected chi connectivity index (χ1v) is 7.32. The molecule has 2 rings (SSSR count). The zero-order chi connectivity index (χ0) is 14.0. The Morgan fingerprint density at radius 1 is 1.53 bits per heavy atom. The summed E-state index contributed by atoms with van der Waals surface area (Å²) in [6.45, 7) is 2.60. The van der Waals surface area contributed by atoms with Gasteiger partial charge in [0, 0.05) is 30.4 Å². The lowest BCUT2D eigenvalue weighted by Crippen LogP contribution is -2.25. The van der Waals surface area contributed by atoms with Crippen LogP contribution in [0.2, 0.25) is 0 Å². The van der Waals surface area contributed by atoms with E-state index in [0.29, 0.717) is 18.7 Å². The summed E-state index contributed by atoms with van der Waals surface area (Å²) >= 11 is 3.39. The van der Waals surface area contributed by atoms with Crippen molar-refractivity contribution in [1.82, 2.24) is 0 Å². The Morgan fingerprint density at radius 2 is 2.26 bits per heavy atom. The minimum Gasteiger partial charge on any atom is -0.312 e. The molecule has 0 N–H and O–H groups in total. The first kappa shape index (κ1) is 14.0. The highest BCUT2D eigenvalue weighted by Crippen LogP contribution is 2.32. The molecule has 1 unspecified atom stereocenters. The van der Waals surface area contributed by atoms with E-state index in [4.69, 9.17) is 0 Å². The van der Waals surface area contributed by atoms with Crippen LogP contribution in [0.4, 0.5) is 11.4 Å². The lowest BCUT2D eigenvalue weighted by molar-refractivity contribution is -0.384. The van der Waals surface area contributed by atoms with Gasteiger partial charge in [0.2, 0.25) is 5.91 Å². The topological polar surface area (TPSA) is 63.5 Å². The number of benzene rings is 1. The highest BCUT2D eigenvalue weighted by molar-refractivity contribution is 9.09. The van der Waals surface area contributed by atoms with Gasteiger partial charge in [0.25, 0.3) is 5.69 Å². The summed E-state index contributed by atoms with van der Waals surface area (Å²) in [6, 6.07) is 4.74. The van der Waals surface area contributed by atoms with E-state index in [2.05, 4.69) is 15.9 Å². The maximum absolute atomic E-state index is 12.0. The molecule has 1 amide bonds. The first-order chi connectivity index (χ1) is 9.06. The standard InChI is InChI=1S/C13H15BrN2O3/c1-2-10-3-4-11(16(18)19)6-12(10)15-8-9(7-14)5-13(15)17/h3-4,6,9H,2,5,7-8H2,1H3. The second kappa shape index (κ2) is 5.69. The fourth-order valence-corrected chi connectivity index (χ4v) is 2.77. The molecule has 0 bridgehead atoms. The number of anilines is 1. The minimum absolute atomic E-state index is 0.0299. The average Bonchev–Trinajstić information content (AvgIpc) is 2.79. The molecular formula is C13H15BrN2O3. The van der Waals surface area contributed by atoms with Crippen molar-refractivity contribution in [2.45, 2.75) is 19.8 Å². The van der Waals surface area contributed by atoms with Crippen LogP contribution in [0.3, 0.4) is 0 Å². The van der Waals surface area contributed by atoms with Gasteiger partial charge in [0.1, 0.15) is 0 Å². The smallest absolute Gasteiger partial charge is 0.271 e. The second-order valence-corrected chi connectivity index (χ2v) is 5.30. The molecule has 102 valence electrons. The molecule has 1 heterocycles. The van der Waals surface area contributed by atoms with E-state index in [0.717, 1.165) is 17.3 Å². The van der Waals surface area contributed by atoms with Crippen LogP contribution in [-0.2, 0) is 11.2 Å². The van der Waals surface area contributed by atoms with Crippen molar-refractivity contribution in [2.75, 3.05) is 16.8 Å². The van der Waals surface area contributed by atoms with Crippen LogP contribution in [0, 0.1) is 16.0 Å². The maximum Gasteiger partial charge on any atom is 0.271 e. The fraction of sp³-hybridized carbons (Fsp3) is 0.462. The monoisotopic (exact) mass is 326 g/mol. The van der Waals surface area contributed by atoms with Crippen LogP contribution in [0.5, 0.6) is 0 Å². The molecule has 0 saturated carbocycles. The van der Waals surface area contributed by atoms with Crippen molar-refractivity contribution in [3.05, 3.63) is 33.9 Å². The van der Waals surface area contributed by atoms with Crippen molar-refractivity contribution < 1.29 is 9.72 Å². The van der Waals surface area contributed by atoms with Gasteiger partial charge in [-0.15, -0.1) is 0 Å². The van der Waals surface area contributed by atoms with Crippen molar-refractivity contribution in [1.29, 1.82) is 0 Å². The van der Waals surface area contributed by atoms with Gasteiger partial charge in [-0.2, -0.15) is 0 Å². The predicted molar refractivity (Wildman–Crippen MR) is 76.7 cm³/mol. The lowest BCUT2D eigenvalue weighted by Gasteiger charge is -2.19. The molecule has 6 heteroatoms. The van der Waals surface area contributed by atoms with Crippen LogP contribution in [0.1, 0.15) is 18.9 Å². The van der Waals surface area contributed by atoms with Crippen molar-refractivity contribution in [3.8, 4) is 0 Å². The summed E-state index contributed by atoms with van der Waals surface area (Å²) in [4.78, 5) is 24.1. The number of hydrogen-bond acceptors (Lipinski definition) is 3. The summed E-state index contributed by atoms with van der Waals surface area (Å²) < 4.78 is 0. The number of hydrogen-bond donors (Lipinski definition) is 0. The summed E-state index contributed by atoms with van der Waals surface area (Å²) in [6.07, 6.45) is 1.24.